The maximum absolute atomic E-state index is 11.8. The molecule has 1 unspecified atom stereocenters. The zero-order valence-electron chi connectivity index (χ0n) is 11.4. The number of carboxylic acids is 1. The van der Waals surface area contributed by atoms with Crippen molar-refractivity contribution >= 4 is 28.2 Å². The summed E-state index contributed by atoms with van der Waals surface area (Å²) in [5.41, 5.74) is -0.725. The first-order valence-corrected chi connectivity index (χ1v) is 7.06. The van der Waals surface area contributed by atoms with Crippen molar-refractivity contribution in [3.05, 3.63) is 17.0 Å². The average molecular weight is 295 g/mol. The number of thiophene rings is 1. The monoisotopic (exact) mass is 295 g/mol. The molecule has 0 saturated heterocycles. The largest absolute Gasteiger partial charge is 0.480 e. The summed E-state index contributed by atoms with van der Waals surface area (Å²) in [5.74, 6) is -1.35. The lowest BCUT2D eigenvalue weighted by atomic mass is 9.96. The van der Waals surface area contributed by atoms with Gasteiger partial charge in [0.1, 0.15) is 16.6 Å². The Morgan fingerprint density at radius 3 is 2.80 bits per heavy atom. The molecule has 0 fully saturated rings. The molecule has 3 N–H and O–H groups in total. The van der Waals surface area contributed by atoms with Gasteiger partial charge in [-0.05, 0) is 24.8 Å². The van der Waals surface area contributed by atoms with E-state index in [2.05, 4.69) is 10.6 Å². The number of anilines is 1. The van der Waals surface area contributed by atoms with Gasteiger partial charge in [0.05, 0.1) is 12.1 Å². The molecule has 0 spiro atoms. The molecule has 0 aliphatic carbocycles. The fourth-order valence-electron chi connectivity index (χ4n) is 1.71. The summed E-state index contributed by atoms with van der Waals surface area (Å²) >= 11 is 1.25. The number of nitriles is 1. The summed E-state index contributed by atoms with van der Waals surface area (Å²) in [6.45, 7) is 3.32. The van der Waals surface area contributed by atoms with Gasteiger partial charge in [0.15, 0.2) is 0 Å². The lowest BCUT2D eigenvalue weighted by Gasteiger charge is -2.25. The molecule has 1 rings (SSSR count). The number of nitrogens with one attached hydrogen (secondary N) is 2. The highest BCUT2D eigenvalue weighted by Gasteiger charge is 2.32. The first-order chi connectivity index (χ1) is 9.42. The molecule has 0 aliphatic rings. The normalized spacial score (nSPS) is 13.2. The molecule has 0 saturated carbocycles. The highest BCUT2D eigenvalue weighted by Crippen LogP contribution is 2.21. The van der Waals surface area contributed by atoms with Crippen molar-refractivity contribution in [1.29, 1.82) is 5.26 Å². The number of rotatable bonds is 7. The van der Waals surface area contributed by atoms with Crippen molar-refractivity contribution in [2.75, 3.05) is 11.9 Å². The lowest BCUT2D eigenvalue weighted by molar-refractivity contribution is -0.144. The van der Waals surface area contributed by atoms with Crippen LogP contribution in [0.3, 0.4) is 0 Å². The van der Waals surface area contributed by atoms with Gasteiger partial charge in [-0.2, -0.15) is 5.26 Å². The summed E-state index contributed by atoms with van der Waals surface area (Å²) < 4.78 is 0. The molecule has 1 amide bonds. The van der Waals surface area contributed by atoms with E-state index in [-0.39, 0.29) is 12.5 Å². The fourth-order valence-corrected chi connectivity index (χ4v) is 2.46. The summed E-state index contributed by atoms with van der Waals surface area (Å²) in [5, 5.41) is 25.6. The Labute approximate surface area is 121 Å². The lowest BCUT2D eigenvalue weighted by Crippen LogP contribution is -2.51. The number of nitrogens with zero attached hydrogens (tertiary/aromatic N) is 1. The maximum Gasteiger partial charge on any atom is 0.323 e. The number of aliphatic carboxylic acids is 1. The van der Waals surface area contributed by atoms with Crippen LogP contribution in [0.5, 0.6) is 0 Å². The second-order valence-corrected chi connectivity index (χ2v) is 5.48. The van der Waals surface area contributed by atoms with Crippen LogP contribution in [-0.4, -0.2) is 29.1 Å². The molecule has 0 aromatic carbocycles. The van der Waals surface area contributed by atoms with Gasteiger partial charge in [-0.25, -0.2) is 0 Å². The maximum atomic E-state index is 11.8. The number of amides is 1. The van der Waals surface area contributed by atoms with Crippen molar-refractivity contribution in [2.24, 2.45) is 0 Å². The molecule has 1 aromatic heterocycles. The van der Waals surface area contributed by atoms with Crippen LogP contribution in [0.2, 0.25) is 0 Å². The molecule has 20 heavy (non-hydrogen) atoms. The van der Waals surface area contributed by atoms with E-state index >= 15 is 0 Å². The Morgan fingerprint density at radius 2 is 2.25 bits per heavy atom. The quantitative estimate of drug-likeness (QED) is 0.711. The van der Waals surface area contributed by atoms with Crippen LogP contribution in [-0.2, 0) is 9.59 Å². The zero-order chi connectivity index (χ0) is 15.2. The molecule has 0 bridgehead atoms. The van der Waals surface area contributed by atoms with Crippen LogP contribution in [0.4, 0.5) is 5.00 Å². The molecule has 7 heteroatoms. The van der Waals surface area contributed by atoms with E-state index < -0.39 is 11.5 Å². The van der Waals surface area contributed by atoms with Gasteiger partial charge >= 0.3 is 5.97 Å². The van der Waals surface area contributed by atoms with E-state index in [0.717, 1.165) is 0 Å². The van der Waals surface area contributed by atoms with Gasteiger partial charge in [0, 0.05) is 0 Å². The molecule has 1 heterocycles. The first-order valence-electron chi connectivity index (χ1n) is 6.19. The number of carboxylic acid groups (broad SMARTS) is 1. The molecular formula is C13H17N3O3S. The topological polar surface area (TPSA) is 102 Å². The van der Waals surface area contributed by atoms with Crippen LogP contribution in [0.15, 0.2) is 11.4 Å². The van der Waals surface area contributed by atoms with E-state index in [1.54, 1.807) is 18.4 Å². The smallest absolute Gasteiger partial charge is 0.323 e. The van der Waals surface area contributed by atoms with Crippen LogP contribution in [0, 0.1) is 11.3 Å². The summed E-state index contributed by atoms with van der Waals surface area (Å²) in [6, 6.07) is 3.59. The Balaban J connectivity index is 2.59. The second kappa shape index (κ2) is 7.03. The van der Waals surface area contributed by atoms with Crippen LogP contribution >= 0.6 is 11.3 Å². The number of carbonyl (C=O) groups is 2. The Hall–Kier alpha value is -1.91. The predicted octanol–water partition coefficient (Wildman–Crippen LogP) is 1.79. The summed E-state index contributed by atoms with van der Waals surface area (Å²) in [6.07, 6.45) is 1.12. The third-order valence-corrected chi connectivity index (χ3v) is 3.73. The van der Waals surface area contributed by atoms with Gasteiger partial charge in [-0.3, -0.25) is 14.9 Å². The average Bonchev–Trinajstić information content (AvgIpc) is 2.83. The van der Waals surface area contributed by atoms with Gasteiger partial charge in [0.2, 0.25) is 5.91 Å². The Kier molecular flexibility index (Phi) is 5.67. The SMILES string of the molecule is CCCC(C)(NCC(=O)Nc1sccc1C#N)C(=O)O. The highest BCUT2D eigenvalue weighted by atomic mass is 32.1. The number of carbonyl (C=O) groups excluding carboxylic acids is 1. The fraction of sp³-hybridized carbons (Fsp3) is 0.462. The Bertz CT molecular complexity index is 535. The van der Waals surface area contributed by atoms with E-state index in [1.807, 2.05) is 13.0 Å². The molecule has 6 nitrogen and oxygen atoms in total. The third kappa shape index (κ3) is 4.05. The molecule has 1 aromatic rings. The van der Waals surface area contributed by atoms with Crippen LogP contribution < -0.4 is 10.6 Å². The molecule has 0 radical (unpaired) electrons. The number of hydrogen-bond donors (Lipinski definition) is 3. The molecule has 0 aliphatic heterocycles. The van der Waals surface area contributed by atoms with Crippen molar-refractivity contribution in [1.82, 2.24) is 5.32 Å². The minimum Gasteiger partial charge on any atom is -0.480 e. The van der Waals surface area contributed by atoms with E-state index in [1.165, 1.54) is 11.3 Å². The number of hydrogen-bond acceptors (Lipinski definition) is 5. The summed E-state index contributed by atoms with van der Waals surface area (Å²) in [7, 11) is 0. The van der Waals surface area contributed by atoms with Crippen molar-refractivity contribution < 1.29 is 14.7 Å². The van der Waals surface area contributed by atoms with Crippen molar-refractivity contribution in [3.8, 4) is 6.07 Å². The highest BCUT2D eigenvalue weighted by molar-refractivity contribution is 7.14. The van der Waals surface area contributed by atoms with Gasteiger partial charge < -0.3 is 10.4 Å². The Morgan fingerprint density at radius 1 is 1.55 bits per heavy atom. The first kappa shape index (κ1) is 16.1. The van der Waals surface area contributed by atoms with Crippen LogP contribution in [0.25, 0.3) is 0 Å². The van der Waals surface area contributed by atoms with Crippen molar-refractivity contribution in [2.45, 2.75) is 32.2 Å². The van der Waals surface area contributed by atoms with Gasteiger partial charge in [-0.1, -0.05) is 13.3 Å². The molecule has 1 atom stereocenters. The third-order valence-electron chi connectivity index (χ3n) is 2.90. The van der Waals surface area contributed by atoms with Gasteiger partial charge in [-0.15, -0.1) is 11.3 Å². The van der Waals surface area contributed by atoms with Gasteiger partial charge in [0.25, 0.3) is 0 Å². The van der Waals surface area contributed by atoms with Crippen LogP contribution in [0.1, 0.15) is 32.3 Å². The molecular weight excluding hydrogens is 278 g/mol. The van der Waals surface area contributed by atoms with E-state index in [4.69, 9.17) is 5.26 Å². The van der Waals surface area contributed by atoms with Crippen molar-refractivity contribution in [3.63, 3.8) is 0 Å². The van der Waals surface area contributed by atoms with E-state index in [0.29, 0.717) is 23.4 Å². The standard InChI is InChI=1S/C13H17N3O3S/c1-3-5-13(2,12(18)19)15-8-10(17)16-11-9(7-14)4-6-20-11/h4,6,15H,3,5,8H2,1-2H3,(H,16,17)(H,18,19). The molecule has 108 valence electrons. The summed E-state index contributed by atoms with van der Waals surface area (Å²) in [4.78, 5) is 23.0. The minimum atomic E-state index is -1.13. The second-order valence-electron chi connectivity index (χ2n) is 4.56. The predicted molar refractivity (Wildman–Crippen MR) is 76.6 cm³/mol. The zero-order valence-corrected chi connectivity index (χ0v) is 12.2. The van der Waals surface area contributed by atoms with E-state index in [9.17, 15) is 14.7 Å². The minimum absolute atomic E-state index is 0.119.